The molecule has 2 heterocycles. The molecule has 0 amide bonds. The second kappa shape index (κ2) is 8.65. The molecule has 1 fully saturated rings. The predicted molar refractivity (Wildman–Crippen MR) is 103 cm³/mol. The van der Waals surface area contributed by atoms with E-state index in [1.54, 1.807) is 14.2 Å². The van der Waals surface area contributed by atoms with Crippen molar-refractivity contribution in [1.82, 2.24) is 4.98 Å². The van der Waals surface area contributed by atoms with Crippen molar-refractivity contribution in [2.75, 3.05) is 44.5 Å². The minimum Gasteiger partial charge on any atom is -0.493 e. The molecule has 0 spiro atoms. The van der Waals surface area contributed by atoms with Gasteiger partial charge in [-0.3, -0.25) is 0 Å². The maximum atomic E-state index is 5.97. The van der Waals surface area contributed by atoms with E-state index in [9.17, 15) is 0 Å². The third-order valence-electron chi connectivity index (χ3n) is 4.62. The molecule has 1 saturated heterocycles. The molecule has 1 aromatic heterocycles. The molecular formula is C20H27N3O3. The fraction of sp³-hybridized carbons (Fsp3) is 0.450. The van der Waals surface area contributed by atoms with E-state index in [1.807, 2.05) is 30.3 Å². The van der Waals surface area contributed by atoms with Crippen molar-refractivity contribution < 1.29 is 14.2 Å². The lowest BCUT2D eigenvalue weighted by molar-refractivity contribution is 0.309. The van der Waals surface area contributed by atoms with Crippen LogP contribution in [0.1, 0.15) is 24.8 Å². The van der Waals surface area contributed by atoms with Crippen LogP contribution in [0, 0.1) is 0 Å². The summed E-state index contributed by atoms with van der Waals surface area (Å²) in [5.74, 6) is 2.51. The Morgan fingerprint density at radius 2 is 1.77 bits per heavy atom. The summed E-state index contributed by atoms with van der Waals surface area (Å²) < 4.78 is 16.5. The Kier molecular flexibility index (Phi) is 6.04. The lowest BCUT2D eigenvalue weighted by Gasteiger charge is -2.29. The van der Waals surface area contributed by atoms with Crippen LogP contribution in [0.3, 0.4) is 0 Å². The van der Waals surface area contributed by atoms with Gasteiger partial charge in [0.1, 0.15) is 5.82 Å². The van der Waals surface area contributed by atoms with Gasteiger partial charge in [0.2, 0.25) is 5.88 Å². The number of aromatic nitrogens is 1. The molecule has 1 aliphatic heterocycles. The van der Waals surface area contributed by atoms with Crippen molar-refractivity contribution in [3.05, 3.63) is 35.9 Å². The number of nitrogens with two attached hydrogens (primary N) is 1. The highest BCUT2D eigenvalue weighted by atomic mass is 16.5. The molecule has 0 aliphatic carbocycles. The maximum Gasteiger partial charge on any atom is 0.217 e. The van der Waals surface area contributed by atoms with Gasteiger partial charge < -0.3 is 24.8 Å². The van der Waals surface area contributed by atoms with Gasteiger partial charge in [0.15, 0.2) is 11.5 Å². The molecule has 0 radical (unpaired) electrons. The van der Waals surface area contributed by atoms with Crippen LogP contribution in [-0.2, 0) is 6.42 Å². The summed E-state index contributed by atoms with van der Waals surface area (Å²) in [6.45, 7) is 2.65. The number of hydrogen-bond donors (Lipinski definition) is 1. The Morgan fingerprint density at radius 1 is 1.00 bits per heavy atom. The topological polar surface area (TPSA) is 69.8 Å². The van der Waals surface area contributed by atoms with Gasteiger partial charge in [-0.2, -0.15) is 4.98 Å². The van der Waals surface area contributed by atoms with Gasteiger partial charge in [-0.25, -0.2) is 0 Å². The number of nitrogens with zero attached hydrogens (tertiary/aromatic N) is 2. The molecule has 0 saturated carbocycles. The van der Waals surface area contributed by atoms with Crippen molar-refractivity contribution in [3.8, 4) is 17.4 Å². The number of pyridine rings is 1. The minimum absolute atomic E-state index is 0.495. The summed E-state index contributed by atoms with van der Waals surface area (Å²) in [5.41, 5.74) is 8.18. The largest absolute Gasteiger partial charge is 0.493 e. The van der Waals surface area contributed by atoms with Gasteiger partial charge in [0.05, 0.1) is 20.8 Å². The van der Waals surface area contributed by atoms with E-state index in [0.717, 1.165) is 42.3 Å². The van der Waals surface area contributed by atoms with Crippen LogP contribution in [0.25, 0.3) is 0 Å². The van der Waals surface area contributed by atoms with Gasteiger partial charge >= 0.3 is 0 Å². The molecule has 6 heteroatoms. The first-order valence-corrected chi connectivity index (χ1v) is 9.06. The highest BCUT2D eigenvalue weighted by molar-refractivity contribution is 5.55. The first-order valence-electron chi connectivity index (χ1n) is 9.06. The van der Waals surface area contributed by atoms with E-state index in [1.165, 1.54) is 19.3 Å². The monoisotopic (exact) mass is 357 g/mol. The SMILES string of the molecule is COc1ccc(CCOc2cc(N3CCCCC3)cc(N)n2)cc1OC. The van der Waals surface area contributed by atoms with Crippen LogP contribution in [-0.4, -0.2) is 38.9 Å². The summed E-state index contributed by atoms with van der Waals surface area (Å²) in [7, 11) is 3.27. The fourth-order valence-electron chi connectivity index (χ4n) is 3.23. The summed E-state index contributed by atoms with van der Waals surface area (Å²) in [5, 5.41) is 0. The molecule has 0 bridgehead atoms. The van der Waals surface area contributed by atoms with E-state index in [0.29, 0.717) is 18.3 Å². The van der Waals surface area contributed by atoms with Gasteiger partial charge in [0, 0.05) is 37.3 Å². The molecule has 3 rings (SSSR count). The number of nitrogen functional groups attached to an aromatic ring is 1. The Hall–Kier alpha value is -2.63. The molecule has 2 aromatic rings. The summed E-state index contributed by atoms with van der Waals surface area (Å²) in [6.07, 6.45) is 4.48. The quantitative estimate of drug-likeness (QED) is 0.820. The normalized spacial score (nSPS) is 14.2. The number of ether oxygens (including phenoxy) is 3. The van der Waals surface area contributed by atoms with Crippen LogP contribution in [0.5, 0.6) is 17.4 Å². The third-order valence-corrected chi connectivity index (χ3v) is 4.62. The van der Waals surface area contributed by atoms with Crippen molar-refractivity contribution in [3.63, 3.8) is 0 Å². The van der Waals surface area contributed by atoms with Gasteiger partial charge in [-0.05, 0) is 37.0 Å². The number of piperidine rings is 1. The van der Waals surface area contributed by atoms with E-state index < -0.39 is 0 Å². The Bertz CT molecular complexity index is 730. The van der Waals surface area contributed by atoms with Crippen LogP contribution in [0.2, 0.25) is 0 Å². The molecular weight excluding hydrogens is 330 g/mol. The molecule has 6 nitrogen and oxygen atoms in total. The van der Waals surface area contributed by atoms with Gasteiger partial charge in [-0.15, -0.1) is 0 Å². The summed E-state index contributed by atoms with van der Waals surface area (Å²) in [4.78, 5) is 6.66. The minimum atomic E-state index is 0.495. The van der Waals surface area contributed by atoms with Crippen LogP contribution >= 0.6 is 0 Å². The molecule has 0 unspecified atom stereocenters. The van der Waals surface area contributed by atoms with Crippen LogP contribution in [0.4, 0.5) is 11.5 Å². The second-order valence-electron chi connectivity index (χ2n) is 6.42. The molecule has 1 aromatic carbocycles. The third kappa shape index (κ3) is 4.50. The first kappa shape index (κ1) is 18.2. The average molecular weight is 357 g/mol. The average Bonchev–Trinajstić information content (AvgIpc) is 2.68. The second-order valence-corrected chi connectivity index (χ2v) is 6.42. The van der Waals surface area contributed by atoms with Crippen molar-refractivity contribution in [2.45, 2.75) is 25.7 Å². The smallest absolute Gasteiger partial charge is 0.217 e. The van der Waals surface area contributed by atoms with Crippen molar-refractivity contribution in [1.29, 1.82) is 0 Å². The predicted octanol–water partition coefficient (Wildman–Crippen LogP) is 3.29. The zero-order valence-electron chi connectivity index (χ0n) is 15.5. The van der Waals surface area contributed by atoms with Crippen LogP contribution < -0.4 is 24.8 Å². The van der Waals surface area contributed by atoms with E-state index in [4.69, 9.17) is 19.9 Å². The fourth-order valence-corrected chi connectivity index (χ4v) is 3.23. The maximum absolute atomic E-state index is 5.97. The van der Waals surface area contributed by atoms with Gasteiger partial charge in [0.25, 0.3) is 0 Å². The molecule has 140 valence electrons. The zero-order valence-corrected chi connectivity index (χ0v) is 15.5. The Labute approximate surface area is 154 Å². The molecule has 26 heavy (non-hydrogen) atoms. The molecule has 0 atom stereocenters. The lowest BCUT2D eigenvalue weighted by atomic mass is 10.1. The lowest BCUT2D eigenvalue weighted by Crippen LogP contribution is -2.29. The standard InChI is InChI=1S/C20H27N3O3/c1-24-17-7-6-15(12-18(17)25-2)8-11-26-20-14-16(13-19(21)22-20)23-9-4-3-5-10-23/h6-7,12-14H,3-5,8-11H2,1-2H3,(H2,21,22). The van der Waals surface area contributed by atoms with E-state index >= 15 is 0 Å². The summed E-state index contributed by atoms with van der Waals surface area (Å²) in [6, 6.07) is 9.79. The number of benzene rings is 1. The molecule has 2 N–H and O–H groups in total. The number of hydrogen-bond acceptors (Lipinski definition) is 6. The van der Waals surface area contributed by atoms with Crippen molar-refractivity contribution >= 4 is 11.5 Å². The number of rotatable bonds is 7. The first-order chi connectivity index (χ1) is 12.7. The van der Waals surface area contributed by atoms with Crippen molar-refractivity contribution in [2.24, 2.45) is 0 Å². The zero-order chi connectivity index (χ0) is 18.4. The Morgan fingerprint density at radius 3 is 2.50 bits per heavy atom. The summed E-state index contributed by atoms with van der Waals surface area (Å²) >= 11 is 0. The number of anilines is 2. The number of methoxy groups -OCH3 is 2. The highest BCUT2D eigenvalue weighted by Gasteiger charge is 2.13. The van der Waals surface area contributed by atoms with E-state index in [2.05, 4.69) is 9.88 Å². The van der Waals surface area contributed by atoms with Crippen LogP contribution in [0.15, 0.2) is 30.3 Å². The molecule has 1 aliphatic rings. The van der Waals surface area contributed by atoms with Gasteiger partial charge in [-0.1, -0.05) is 6.07 Å². The highest BCUT2D eigenvalue weighted by Crippen LogP contribution is 2.28. The van der Waals surface area contributed by atoms with E-state index in [-0.39, 0.29) is 0 Å². The Balaban J connectivity index is 1.62.